The van der Waals surface area contributed by atoms with Crippen LogP contribution in [0.2, 0.25) is 0 Å². The van der Waals surface area contributed by atoms with Gasteiger partial charge in [-0.15, -0.1) is 12.4 Å². The molecule has 1 rings (SSSR count). The fourth-order valence-electron chi connectivity index (χ4n) is 1.94. The first-order valence-electron chi connectivity index (χ1n) is 7.07. The van der Waals surface area contributed by atoms with Crippen molar-refractivity contribution in [1.29, 1.82) is 0 Å². The molecule has 1 aromatic rings. The van der Waals surface area contributed by atoms with Crippen molar-refractivity contribution >= 4 is 34.2 Å². The molecule has 0 saturated carbocycles. The smallest absolute Gasteiger partial charge is 0.237 e. The molecule has 0 radical (unpaired) electrons. The van der Waals surface area contributed by atoms with Crippen LogP contribution in [0.5, 0.6) is 0 Å². The molecule has 0 fully saturated rings. The van der Waals surface area contributed by atoms with E-state index >= 15 is 0 Å². The number of benzene rings is 1. The first-order valence-corrected chi connectivity index (χ1v) is 7.86. The summed E-state index contributed by atoms with van der Waals surface area (Å²) in [5, 5.41) is 2.98. The van der Waals surface area contributed by atoms with Crippen LogP contribution >= 0.6 is 28.3 Å². The van der Waals surface area contributed by atoms with E-state index < -0.39 is 6.04 Å². The molecule has 2 atom stereocenters. The minimum atomic E-state index is -0.430. The molecule has 1 aromatic carbocycles. The molecule has 0 saturated heterocycles. The molecule has 0 aromatic heterocycles. The van der Waals surface area contributed by atoms with Crippen molar-refractivity contribution in [2.45, 2.75) is 45.6 Å². The first kappa shape index (κ1) is 20.4. The molecular weight excluding hydrogens is 352 g/mol. The van der Waals surface area contributed by atoms with Gasteiger partial charge in [-0.25, -0.2) is 0 Å². The van der Waals surface area contributed by atoms with Crippen LogP contribution in [0.4, 0.5) is 0 Å². The molecule has 2 unspecified atom stereocenters. The van der Waals surface area contributed by atoms with E-state index in [0.29, 0.717) is 6.54 Å². The van der Waals surface area contributed by atoms with Gasteiger partial charge in [-0.2, -0.15) is 0 Å². The largest absolute Gasteiger partial charge is 0.354 e. The Labute approximate surface area is 142 Å². The highest BCUT2D eigenvalue weighted by molar-refractivity contribution is 9.10. The van der Waals surface area contributed by atoms with Gasteiger partial charge in [0.25, 0.3) is 0 Å². The van der Waals surface area contributed by atoms with E-state index in [-0.39, 0.29) is 29.6 Å². The minimum absolute atomic E-state index is 0. The van der Waals surface area contributed by atoms with Crippen molar-refractivity contribution in [3.8, 4) is 0 Å². The van der Waals surface area contributed by atoms with E-state index in [1.165, 1.54) is 5.56 Å². The number of hydrogen-bond acceptors (Lipinski definition) is 2. The van der Waals surface area contributed by atoms with E-state index in [1.54, 1.807) is 0 Å². The highest BCUT2D eigenvalue weighted by atomic mass is 79.9. The quantitative estimate of drug-likeness (QED) is 0.795. The number of hydrogen-bond donors (Lipinski definition) is 2. The molecule has 5 heteroatoms. The third kappa shape index (κ3) is 5.97. The van der Waals surface area contributed by atoms with Crippen LogP contribution in [0, 0.1) is 5.92 Å². The first-order chi connectivity index (χ1) is 9.27. The zero-order valence-corrected chi connectivity index (χ0v) is 15.6. The Hall–Kier alpha value is -0.580. The fraction of sp³-hybridized carbons (Fsp3) is 0.562. The Bertz CT molecular complexity index is 448. The number of amides is 1. The summed E-state index contributed by atoms with van der Waals surface area (Å²) in [5.41, 5.74) is 7.01. The van der Waals surface area contributed by atoms with Gasteiger partial charge in [0.2, 0.25) is 5.91 Å². The number of halogens is 2. The SMILES string of the molecule is CCC(C)C(N)C(=O)NCC(C)(C)c1ccc(Br)cc1.Cl. The lowest BCUT2D eigenvalue weighted by Gasteiger charge is -2.27. The summed E-state index contributed by atoms with van der Waals surface area (Å²) < 4.78 is 1.06. The Balaban J connectivity index is 0.00000400. The highest BCUT2D eigenvalue weighted by Crippen LogP contribution is 2.24. The summed E-state index contributed by atoms with van der Waals surface area (Å²) in [7, 11) is 0. The van der Waals surface area contributed by atoms with Gasteiger partial charge in [0, 0.05) is 16.4 Å². The van der Waals surface area contributed by atoms with Gasteiger partial charge in [-0.1, -0.05) is 62.2 Å². The third-order valence-corrected chi connectivity index (χ3v) is 4.42. The maximum absolute atomic E-state index is 12.0. The monoisotopic (exact) mass is 376 g/mol. The second kappa shape index (κ2) is 8.76. The number of carbonyl (C=O) groups is 1. The fourth-order valence-corrected chi connectivity index (χ4v) is 2.21. The minimum Gasteiger partial charge on any atom is -0.354 e. The summed E-state index contributed by atoms with van der Waals surface area (Å²) in [5.74, 6) is 0.135. The van der Waals surface area contributed by atoms with Crippen LogP contribution in [0.3, 0.4) is 0 Å². The maximum atomic E-state index is 12.0. The van der Waals surface area contributed by atoms with Gasteiger partial charge in [-0.05, 0) is 23.6 Å². The van der Waals surface area contributed by atoms with Gasteiger partial charge < -0.3 is 11.1 Å². The van der Waals surface area contributed by atoms with E-state index in [1.807, 2.05) is 26.0 Å². The van der Waals surface area contributed by atoms with Crippen molar-refractivity contribution in [3.05, 3.63) is 34.3 Å². The molecule has 1 amide bonds. The molecule has 0 aliphatic carbocycles. The molecule has 0 aliphatic rings. The standard InChI is InChI=1S/C16H25BrN2O.ClH/c1-5-11(2)14(18)15(20)19-10-16(3,4)12-6-8-13(17)9-7-12;/h6-9,11,14H,5,10,18H2,1-4H3,(H,19,20);1H. The van der Waals surface area contributed by atoms with Crippen molar-refractivity contribution < 1.29 is 4.79 Å². The van der Waals surface area contributed by atoms with E-state index in [4.69, 9.17) is 5.73 Å². The molecule has 21 heavy (non-hydrogen) atoms. The molecule has 0 heterocycles. The summed E-state index contributed by atoms with van der Waals surface area (Å²) in [6, 6.07) is 7.75. The van der Waals surface area contributed by atoms with Gasteiger partial charge in [0.15, 0.2) is 0 Å². The Morgan fingerprint density at radius 2 is 1.86 bits per heavy atom. The lowest BCUT2D eigenvalue weighted by Crippen LogP contribution is -2.47. The molecule has 0 spiro atoms. The Morgan fingerprint density at radius 1 is 1.33 bits per heavy atom. The van der Waals surface area contributed by atoms with E-state index in [9.17, 15) is 4.79 Å². The van der Waals surface area contributed by atoms with Crippen molar-refractivity contribution in [2.75, 3.05) is 6.54 Å². The summed E-state index contributed by atoms with van der Waals surface area (Å²) in [4.78, 5) is 12.0. The second-order valence-corrected chi connectivity index (χ2v) is 6.94. The summed E-state index contributed by atoms with van der Waals surface area (Å²) in [6.07, 6.45) is 0.907. The molecule has 0 bridgehead atoms. The summed E-state index contributed by atoms with van der Waals surface area (Å²) in [6.45, 7) is 8.86. The normalized spacial score (nSPS) is 14.0. The predicted octanol–water partition coefficient (Wildman–Crippen LogP) is 3.64. The number of nitrogens with one attached hydrogen (secondary N) is 1. The van der Waals surface area contributed by atoms with Crippen molar-refractivity contribution in [1.82, 2.24) is 5.32 Å². The molecule has 3 nitrogen and oxygen atoms in total. The number of rotatable bonds is 6. The van der Waals surface area contributed by atoms with Gasteiger partial charge in [0.05, 0.1) is 6.04 Å². The lowest BCUT2D eigenvalue weighted by molar-refractivity contribution is -0.123. The van der Waals surface area contributed by atoms with Gasteiger partial charge >= 0.3 is 0 Å². The maximum Gasteiger partial charge on any atom is 0.237 e. The lowest BCUT2D eigenvalue weighted by atomic mass is 9.84. The number of carbonyl (C=O) groups excluding carboxylic acids is 1. The summed E-state index contributed by atoms with van der Waals surface area (Å²) >= 11 is 3.43. The van der Waals surface area contributed by atoms with Crippen LogP contribution in [0.15, 0.2) is 28.7 Å². The van der Waals surface area contributed by atoms with Crippen molar-refractivity contribution in [3.63, 3.8) is 0 Å². The van der Waals surface area contributed by atoms with Gasteiger partial charge in [0.1, 0.15) is 0 Å². The van der Waals surface area contributed by atoms with E-state index in [0.717, 1.165) is 10.9 Å². The molecular formula is C16H26BrClN2O. The highest BCUT2D eigenvalue weighted by Gasteiger charge is 2.24. The molecule has 3 N–H and O–H groups in total. The van der Waals surface area contributed by atoms with Gasteiger partial charge in [-0.3, -0.25) is 4.79 Å². The zero-order chi connectivity index (χ0) is 15.3. The molecule has 0 aliphatic heterocycles. The van der Waals surface area contributed by atoms with Crippen LogP contribution in [-0.2, 0) is 10.2 Å². The van der Waals surface area contributed by atoms with E-state index in [2.05, 4.69) is 47.2 Å². The Kier molecular flexibility index (Phi) is 8.52. The van der Waals surface area contributed by atoms with Crippen LogP contribution < -0.4 is 11.1 Å². The topological polar surface area (TPSA) is 55.1 Å². The predicted molar refractivity (Wildman–Crippen MR) is 94.9 cm³/mol. The van der Waals surface area contributed by atoms with Crippen LogP contribution in [0.1, 0.15) is 39.7 Å². The van der Waals surface area contributed by atoms with Crippen LogP contribution in [-0.4, -0.2) is 18.5 Å². The molecule has 120 valence electrons. The average molecular weight is 378 g/mol. The van der Waals surface area contributed by atoms with Crippen LogP contribution in [0.25, 0.3) is 0 Å². The van der Waals surface area contributed by atoms with Crippen molar-refractivity contribution in [2.24, 2.45) is 11.7 Å². The average Bonchev–Trinajstić information content (AvgIpc) is 2.43. The second-order valence-electron chi connectivity index (χ2n) is 6.02. The third-order valence-electron chi connectivity index (χ3n) is 3.89. The number of nitrogens with two attached hydrogens (primary N) is 1. The zero-order valence-electron chi connectivity index (χ0n) is 13.2. The Morgan fingerprint density at radius 3 is 2.33 bits per heavy atom.